The van der Waals surface area contributed by atoms with Crippen LogP contribution < -0.4 is 5.48 Å². The van der Waals surface area contributed by atoms with E-state index >= 15 is 0 Å². The quantitative estimate of drug-likeness (QED) is 0.878. The maximum Gasteiger partial charge on any atom is 0.416 e. The molecule has 9 heteroatoms. The van der Waals surface area contributed by atoms with Gasteiger partial charge in [-0.05, 0) is 32.0 Å². The molecule has 6 nitrogen and oxygen atoms in total. The van der Waals surface area contributed by atoms with E-state index in [4.69, 9.17) is 9.36 Å². The highest BCUT2D eigenvalue weighted by Gasteiger charge is 2.31. The Morgan fingerprint density at radius 1 is 1.41 bits per heavy atom. The van der Waals surface area contributed by atoms with Crippen LogP contribution in [0.3, 0.4) is 0 Å². The van der Waals surface area contributed by atoms with Gasteiger partial charge in [-0.2, -0.15) is 18.2 Å². The van der Waals surface area contributed by atoms with E-state index in [1.54, 1.807) is 13.8 Å². The Bertz CT molecular complexity index is 670. The van der Waals surface area contributed by atoms with E-state index in [9.17, 15) is 18.0 Å². The Hall–Kier alpha value is -2.42. The average molecular weight is 315 g/mol. The lowest BCUT2D eigenvalue weighted by atomic mass is 10.1. The van der Waals surface area contributed by atoms with Gasteiger partial charge in [-0.3, -0.25) is 9.63 Å². The fourth-order valence-electron chi connectivity index (χ4n) is 1.57. The van der Waals surface area contributed by atoms with Crippen LogP contribution in [0.5, 0.6) is 0 Å². The molecule has 0 aliphatic rings. The van der Waals surface area contributed by atoms with Gasteiger partial charge in [0, 0.05) is 5.56 Å². The predicted octanol–water partition coefficient (Wildman–Crippen LogP) is 2.82. The number of benzene rings is 1. The van der Waals surface area contributed by atoms with Gasteiger partial charge in [-0.15, -0.1) is 0 Å². The highest BCUT2D eigenvalue weighted by molar-refractivity contribution is 5.93. The number of aromatic nitrogens is 2. The van der Waals surface area contributed by atoms with Gasteiger partial charge >= 0.3 is 6.18 Å². The standard InChI is InChI=1S/C13H12F3N3O3/c1-7(12-17-8(2)18-22-12)21-19-11(20)9-4-3-5-10(6-9)13(14,15)16/h3-7H,1-2H3,(H,19,20)/t7-/m1/s1. The first-order valence-corrected chi connectivity index (χ1v) is 6.21. The van der Waals surface area contributed by atoms with Crippen molar-refractivity contribution in [2.45, 2.75) is 26.1 Å². The van der Waals surface area contributed by atoms with Crippen molar-refractivity contribution in [3.8, 4) is 0 Å². The monoisotopic (exact) mass is 315 g/mol. The van der Waals surface area contributed by atoms with Crippen molar-refractivity contribution in [1.29, 1.82) is 0 Å². The number of nitrogens with one attached hydrogen (secondary N) is 1. The Kier molecular flexibility index (Phi) is 4.45. The molecule has 0 radical (unpaired) electrons. The summed E-state index contributed by atoms with van der Waals surface area (Å²) in [6.07, 6.45) is -5.26. The maximum atomic E-state index is 12.6. The molecule has 0 bridgehead atoms. The number of hydroxylamine groups is 1. The van der Waals surface area contributed by atoms with Crippen LogP contribution in [-0.4, -0.2) is 16.0 Å². The number of aryl methyl sites for hydroxylation is 1. The normalized spacial score (nSPS) is 13.0. The van der Waals surface area contributed by atoms with Gasteiger partial charge in [0.1, 0.15) is 0 Å². The zero-order chi connectivity index (χ0) is 16.3. The highest BCUT2D eigenvalue weighted by atomic mass is 19.4. The van der Waals surface area contributed by atoms with Crippen molar-refractivity contribution >= 4 is 5.91 Å². The van der Waals surface area contributed by atoms with E-state index in [1.165, 1.54) is 6.07 Å². The molecule has 118 valence electrons. The second kappa shape index (κ2) is 6.14. The first-order chi connectivity index (χ1) is 10.3. The topological polar surface area (TPSA) is 77.3 Å². The molecule has 1 amide bonds. The summed E-state index contributed by atoms with van der Waals surface area (Å²) >= 11 is 0. The first kappa shape index (κ1) is 16.0. The van der Waals surface area contributed by atoms with E-state index in [0.717, 1.165) is 18.2 Å². The van der Waals surface area contributed by atoms with Gasteiger partial charge < -0.3 is 4.52 Å². The molecule has 0 saturated heterocycles. The number of alkyl halides is 3. The molecule has 0 aliphatic carbocycles. The fourth-order valence-corrected chi connectivity index (χ4v) is 1.57. The summed E-state index contributed by atoms with van der Waals surface area (Å²) in [6, 6.07) is 4.00. The van der Waals surface area contributed by atoms with Crippen molar-refractivity contribution in [2.24, 2.45) is 0 Å². The fraction of sp³-hybridized carbons (Fsp3) is 0.308. The van der Waals surface area contributed by atoms with E-state index in [2.05, 4.69) is 15.6 Å². The van der Waals surface area contributed by atoms with Crippen molar-refractivity contribution < 1.29 is 27.3 Å². The molecule has 0 aliphatic heterocycles. The zero-order valence-electron chi connectivity index (χ0n) is 11.6. The van der Waals surface area contributed by atoms with Gasteiger partial charge in [-0.1, -0.05) is 11.2 Å². The Balaban J connectivity index is 2.01. The predicted molar refractivity (Wildman–Crippen MR) is 67.4 cm³/mol. The molecule has 2 rings (SSSR count). The highest BCUT2D eigenvalue weighted by Crippen LogP contribution is 2.29. The molecule has 1 heterocycles. The number of nitrogens with zero attached hydrogens (tertiary/aromatic N) is 2. The molecule has 2 aromatic rings. The number of halogens is 3. The van der Waals surface area contributed by atoms with Gasteiger partial charge in [0.05, 0.1) is 5.56 Å². The second-order valence-electron chi connectivity index (χ2n) is 4.45. The van der Waals surface area contributed by atoms with Crippen LogP contribution >= 0.6 is 0 Å². The smallest absolute Gasteiger partial charge is 0.336 e. The van der Waals surface area contributed by atoms with Crippen LogP contribution in [0.25, 0.3) is 0 Å². The minimum atomic E-state index is -4.52. The second-order valence-corrected chi connectivity index (χ2v) is 4.45. The SMILES string of the molecule is Cc1noc([C@@H](C)ONC(=O)c2cccc(C(F)(F)F)c2)n1. The molecular formula is C13H12F3N3O3. The van der Waals surface area contributed by atoms with Crippen LogP contribution in [0.4, 0.5) is 13.2 Å². The third kappa shape index (κ3) is 3.82. The number of carbonyl (C=O) groups excluding carboxylic acids is 1. The van der Waals surface area contributed by atoms with Crippen LogP contribution in [-0.2, 0) is 11.0 Å². The number of hydrogen-bond acceptors (Lipinski definition) is 5. The largest absolute Gasteiger partial charge is 0.416 e. The summed E-state index contributed by atoms with van der Waals surface area (Å²) in [5.41, 5.74) is 0.958. The lowest BCUT2D eigenvalue weighted by molar-refractivity contribution is -0.137. The van der Waals surface area contributed by atoms with Gasteiger partial charge in [0.2, 0.25) is 0 Å². The van der Waals surface area contributed by atoms with E-state index < -0.39 is 23.8 Å². The summed E-state index contributed by atoms with van der Waals surface area (Å²) in [7, 11) is 0. The summed E-state index contributed by atoms with van der Waals surface area (Å²) in [4.78, 5) is 20.7. The van der Waals surface area contributed by atoms with Gasteiger partial charge in [0.15, 0.2) is 11.9 Å². The van der Waals surface area contributed by atoms with Gasteiger partial charge in [-0.25, -0.2) is 5.48 Å². The molecule has 0 spiro atoms. The molecule has 1 aromatic carbocycles. The van der Waals surface area contributed by atoms with Crippen molar-refractivity contribution in [3.63, 3.8) is 0 Å². The zero-order valence-corrected chi connectivity index (χ0v) is 11.6. The number of carbonyl (C=O) groups is 1. The van der Waals surface area contributed by atoms with Gasteiger partial charge in [0.25, 0.3) is 11.8 Å². The van der Waals surface area contributed by atoms with Crippen molar-refractivity contribution in [1.82, 2.24) is 15.6 Å². The van der Waals surface area contributed by atoms with Crippen LogP contribution in [0.15, 0.2) is 28.8 Å². The molecule has 0 unspecified atom stereocenters. The third-order valence-electron chi connectivity index (χ3n) is 2.67. The Labute approximate surface area is 123 Å². The maximum absolute atomic E-state index is 12.6. The molecule has 22 heavy (non-hydrogen) atoms. The molecule has 0 fully saturated rings. The average Bonchev–Trinajstić information content (AvgIpc) is 2.90. The van der Waals surface area contributed by atoms with E-state index in [0.29, 0.717) is 5.82 Å². The Morgan fingerprint density at radius 2 is 2.14 bits per heavy atom. The molecule has 1 aromatic heterocycles. The van der Waals surface area contributed by atoms with E-state index in [1.807, 2.05) is 0 Å². The van der Waals surface area contributed by atoms with Crippen LogP contribution in [0.1, 0.15) is 40.7 Å². The van der Waals surface area contributed by atoms with Crippen LogP contribution in [0.2, 0.25) is 0 Å². The van der Waals surface area contributed by atoms with Crippen molar-refractivity contribution in [2.75, 3.05) is 0 Å². The molecular weight excluding hydrogens is 303 g/mol. The number of amides is 1. The summed E-state index contributed by atoms with van der Waals surface area (Å²) in [6.45, 7) is 3.15. The van der Waals surface area contributed by atoms with E-state index in [-0.39, 0.29) is 11.5 Å². The minimum absolute atomic E-state index is 0.141. The molecule has 0 saturated carbocycles. The third-order valence-corrected chi connectivity index (χ3v) is 2.67. The summed E-state index contributed by atoms with van der Waals surface area (Å²) in [5, 5.41) is 3.56. The summed E-state index contributed by atoms with van der Waals surface area (Å²) < 4.78 is 42.6. The minimum Gasteiger partial charge on any atom is -0.336 e. The summed E-state index contributed by atoms with van der Waals surface area (Å²) in [5.74, 6) is -0.273. The number of rotatable bonds is 4. The number of hydrogen-bond donors (Lipinski definition) is 1. The van der Waals surface area contributed by atoms with Crippen LogP contribution in [0, 0.1) is 6.92 Å². The lowest BCUT2D eigenvalue weighted by Gasteiger charge is -2.11. The molecule has 1 atom stereocenters. The van der Waals surface area contributed by atoms with Crippen molar-refractivity contribution in [3.05, 3.63) is 47.1 Å². The molecule has 1 N–H and O–H groups in total. The first-order valence-electron chi connectivity index (χ1n) is 6.21. The Morgan fingerprint density at radius 3 is 2.73 bits per heavy atom. The lowest BCUT2D eigenvalue weighted by Crippen LogP contribution is -2.25.